The Morgan fingerprint density at radius 3 is 2.69 bits per heavy atom. The number of hydrogen-bond acceptors (Lipinski definition) is 3. The molecule has 0 aromatic carbocycles. The number of carbonyl (C=O) groups excluding carboxylic acids is 1. The smallest absolute Gasteiger partial charge is 0.308 e. The number of nitrogens with two attached hydrogens (primary N) is 1. The van der Waals surface area contributed by atoms with Gasteiger partial charge < -0.3 is 15.7 Å². The van der Waals surface area contributed by atoms with Crippen molar-refractivity contribution in [3.63, 3.8) is 0 Å². The van der Waals surface area contributed by atoms with Crippen LogP contribution in [0.3, 0.4) is 0 Å². The van der Waals surface area contributed by atoms with Gasteiger partial charge >= 0.3 is 5.97 Å². The van der Waals surface area contributed by atoms with E-state index < -0.39 is 17.4 Å². The summed E-state index contributed by atoms with van der Waals surface area (Å²) in [7, 11) is 0. The summed E-state index contributed by atoms with van der Waals surface area (Å²) >= 11 is 0. The summed E-state index contributed by atoms with van der Waals surface area (Å²) in [6, 6.07) is 0. The second kappa shape index (κ2) is 4.82. The van der Waals surface area contributed by atoms with Crippen molar-refractivity contribution in [3.05, 3.63) is 0 Å². The lowest BCUT2D eigenvalue weighted by atomic mass is 9.93. The Morgan fingerprint density at radius 1 is 1.56 bits per heavy atom. The fourth-order valence-corrected chi connectivity index (χ4v) is 1.88. The van der Waals surface area contributed by atoms with Gasteiger partial charge in [0.1, 0.15) is 0 Å². The zero-order chi connectivity index (χ0) is 12.3. The Labute approximate surface area is 95.6 Å². The monoisotopic (exact) mass is 228 g/mol. The Kier molecular flexibility index (Phi) is 3.91. The number of piperidine rings is 1. The molecule has 1 aliphatic rings. The van der Waals surface area contributed by atoms with Gasteiger partial charge in [0.15, 0.2) is 0 Å². The largest absolute Gasteiger partial charge is 0.481 e. The molecule has 0 spiro atoms. The highest BCUT2D eigenvalue weighted by molar-refractivity contribution is 5.86. The molecule has 1 unspecified atom stereocenters. The highest BCUT2D eigenvalue weighted by Gasteiger charge is 2.35. The Hall–Kier alpha value is -1.10. The molecule has 0 radical (unpaired) electrons. The summed E-state index contributed by atoms with van der Waals surface area (Å²) in [4.78, 5) is 24.5. The molecule has 1 fully saturated rings. The van der Waals surface area contributed by atoms with E-state index in [2.05, 4.69) is 0 Å². The van der Waals surface area contributed by atoms with Crippen LogP contribution in [-0.2, 0) is 9.59 Å². The molecule has 1 heterocycles. The average molecular weight is 228 g/mol. The van der Waals surface area contributed by atoms with Crippen LogP contribution in [0.2, 0.25) is 0 Å². The number of rotatable bonds is 3. The molecule has 0 saturated carbocycles. The number of hydrogen-bond donors (Lipinski definition) is 2. The SMILES string of the molecule is CCC(C)(N)C(=O)N1CCC[C@@H](C(=O)O)C1. The summed E-state index contributed by atoms with van der Waals surface area (Å²) in [6.07, 6.45) is 1.94. The normalized spacial score (nSPS) is 24.9. The predicted octanol–water partition coefficient (Wildman–Crippen LogP) is 0.437. The first-order valence-electron chi connectivity index (χ1n) is 5.69. The van der Waals surface area contributed by atoms with E-state index in [9.17, 15) is 9.59 Å². The maximum absolute atomic E-state index is 12.0. The zero-order valence-corrected chi connectivity index (χ0v) is 9.90. The van der Waals surface area contributed by atoms with Crippen molar-refractivity contribution in [2.24, 2.45) is 11.7 Å². The molecule has 0 bridgehead atoms. The topological polar surface area (TPSA) is 83.6 Å². The summed E-state index contributed by atoms with van der Waals surface area (Å²) < 4.78 is 0. The first-order chi connectivity index (χ1) is 7.38. The lowest BCUT2D eigenvalue weighted by Gasteiger charge is -2.35. The molecule has 0 aliphatic carbocycles. The van der Waals surface area contributed by atoms with Gasteiger partial charge in [-0.2, -0.15) is 0 Å². The lowest BCUT2D eigenvalue weighted by molar-refractivity contribution is -0.147. The number of carboxylic acid groups (broad SMARTS) is 1. The predicted molar refractivity (Wildman–Crippen MR) is 59.8 cm³/mol. The quantitative estimate of drug-likeness (QED) is 0.734. The van der Waals surface area contributed by atoms with Crippen LogP contribution in [0.4, 0.5) is 0 Å². The highest BCUT2D eigenvalue weighted by Crippen LogP contribution is 2.20. The van der Waals surface area contributed by atoms with Crippen LogP contribution in [0.25, 0.3) is 0 Å². The van der Waals surface area contributed by atoms with Crippen LogP contribution in [0.15, 0.2) is 0 Å². The average Bonchev–Trinajstić information content (AvgIpc) is 2.28. The second-order valence-corrected chi connectivity index (χ2v) is 4.70. The number of amides is 1. The van der Waals surface area contributed by atoms with Crippen molar-refractivity contribution in [1.82, 2.24) is 4.90 Å². The zero-order valence-electron chi connectivity index (χ0n) is 9.90. The van der Waals surface area contributed by atoms with Gasteiger partial charge in [0, 0.05) is 13.1 Å². The maximum Gasteiger partial charge on any atom is 0.308 e. The first kappa shape index (κ1) is 13.0. The molecule has 92 valence electrons. The number of nitrogens with zero attached hydrogens (tertiary/aromatic N) is 1. The fraction of sp³-hybridized carbons (Fsp3) is 0.818. The molecule has 2 atom stereocenters. The van der Waals surface area contributed by atoms with Crippen LogP contribution < -0.4 is 5.73 Å². The van der Waals surface area contributed by atoms with Crippen LogP contribution in [0.1, 0.15) is 33.1 Å². The van der Waals surface area contributed by atoms with Gasteiger partial charge in [-0.25, -0.2) is 0 Å². The molecule has 5 nitrogen and oxygen atoms in total. The Balaban J connectivity index is 2.67. The van der Waals surface area contributed by atoms with E-state index in [0.29, 0.717) is 25.9 Å². The summed E-state index contributed by atoms with van der Waals surface area (Å²) in [5, 5.41) is 8.93. The molecule has 16 heavy (non-hydrogen) atoms. The lowest BCUT2D eigenvalue weighted by Crippen LogP contribution is -2.55. The molecule has 1 aliphatic heterocycles. The third-order valence-corrected chi connectivity index (χ3v) is 3.28. The van der Waals surface area contributed by atoms with Crippen molar-refractivity contribution < 1.29 is 14.7 Å². The number of likely N-dealkylation sites (tertiary alicyclic amines) is 1. The van der Waals surface area contributed by atoms with Crippen LogP contribution in [0, 0.1) is 5.92 Å². The van der Waals surface area contributed by atoms with Crippen LogP contribution in [0.5, 0.6) is 0 Å². The van der Waals surface area contributed by atoms with Gasteiger partial charge in [0.05, 0.1) is 11.5 Å². The minimum Gasteiger partial charge on any atom is -0.481 e. The van der Waals surface area contributed by atoms with Gasteiger partial charge in [-0.15, -0.1) is 0 Å². The molecule has 1 saturated heterocycles. The molecular formula is C11H20N2O3. The van der Waals surface area contributed by atoms with E-state index in [1.54, 1.807) is 11.8 Å². The van der Waals surface area contributed by atoms with Crippen molar-refractivity contribution in [2.45, 2.75) is 38.6 Å². The molecule has 5 heteroatoms. The van der Waals surface area contributed by atoms with E-state index in [4.69, 9.17) is 10.8 Å². The van der Waals surface area contributed by atoms with E-state index in [-0.39, 0.29) is 5.91 Å². The third kappa shape index (κ3) is 2.72. The molecule has 3 N–H and O–H groups in total. The minimum absolute atomic E-state index is 0.138. The minimum atomic E-state index is -0.875. The van der Waals surface area contributed by atoms with E-state index in [0.717, 1.165) is 6.42 Å². The molecule has 0 aromatic heterocycles. The van der Waals surface area contributed by atoms with Gasteiger partial charge in [-0.05, 0) is 26.2 Å². The van der Waals surface area contributed by atoms with Gasteiger partial charge in [-0.3, -0.25) is 9.59 Å². The van der Waals surface area contributed by atoms with E-state index >= 15 is 0 Å². The molecular weight excluding hydrogens is 208 g/mol. The van der Waals surface area contributed by atoms with Gasteiger partial charge in [0.25, 0.3) is 0 Å². The number of carbonyl (C=O) groups is 2. The van der Waals surface area contributed by atoms with E-state index in [1.807, 2.05) is 6.92 Å². The molecule has 1 amide bonds. The van der Waals surface area contributed by atoms with Crippen molar-refractivity contribution >= 4 is 11.9 Å². The first-order valence-corrected chi connectivity index (χ1v) is 5.69. The van der Waals surface area contributed by atoms with E-state index in [1.165, 1.54) is 0 Å². The van der Waals surface area contributed by atoms with Crippen molar-refractivity contribution in [2.75, 3.05) is 13.1 Å². The number of aliphatic carboxylic acids is 1. The maximum atomic E-state index is 12.0. The second-order valence-electron chi connectivity index (χ2n) is 4.70. The summed E-state index contributed by atoms with van der Waals surface area (Å²) in [5.41, 5.74) is 5.00. The molecule has 1 rings (SSSR count). The van der Waals surface area contributed by atoms with Gasteiger partial charge in [0.2, 0.25) is 5.91 Å². The Bertz CT molecular complexity index is 289. The van der Waals surface area contributed by atoms with Gasteiger partial charge in [-0.1, -0.05) is 6.92 Å². The summed E-state index contributed by atoms with van der Waals surface area (Å²) in [5.74, 6) is -1.40. The highest BCUT2D eigenvalue weighted by atomic mass is 16.4. The molecule has 0 aromatic rings. The standard InChI is InChI=1S/C11H20N2O3/c1-3-11(2,12)10(16)13-6-4-5-8(7-13)9(14)15/h8H,3-7,12H2,1-2H3,(H,14,15)/t8-,11?/m1/s1. The van der Waals surface area contributed by atoms with Crippen molar-refractivity contribution in [1.29, 1.82) is 0 Å². The van der Waals surface area contributed by atoms with Crippen LogP contribution >= 0.6 is 0 Å². The Morgan fingerprint density at radius 2 is 2.19 bits per heavy atom. The van der Waals surface area contributed by atoms with Crippen LogP contribution in [-0.4, -0.2) is 40.5 Å². The third-order valence-electron chi connectivity index (χ3n) is 3.28. The van der Waals surface area contributed by atoms with Crippen molar-refractivity contribution in [3.8, 4) is 0 Å². The number of carboxylic acids is 1. The summed E-state index contributed by atoms with van der Waals surface area (Å²) in [6.45, 7) is 4.46. The fourth-order valence-electron chi connectivity index (χ4n) is 1.88.